The van der Waals surface area contributed by atoms with E-state index in [0.29, 0.717) is 24.3 Å². The molecule has 6 nitrogen and oxygen atoms in total. The summed E-state index contributed by atoms with van der Waals surface area (Å²) in [6.07, 6.45) is 0.267. The van der Waals surface area contributed by atoms with Gasteiger partial charge in [-0.25, -0.2) is 9.59 Å². The van der Waals surface area contributed by atoms with Crippen molar-refractivity contribution in [3.05, 3.63) is 23.8 Å². The summed E-state index contributed by atoms with van der Waals surface area (Å²) in [7, 11) is 1.57. The second-order valence-corrected chi connectivity index (χ2v) is 6.24. The minimum Gasteiger partial charge on any atom is -0.497 e. The zero-order valence-corrected chi connectivity index (χ0v) is 13.3. The first-order valence-corrected chi connectivity index (χ1v) is 7.15. The summed E-state index contributed by atoms with van der Waals surface area (Å²) in [5.41, 5.74) is 0.751. The van der Waals surface area contributed by atoms with Crippen LogP contribution >= 0.6 is 0 Å². The van der Waals surface area contributed by atoms with Crippen LogP contribution in [0.2, 0.25) is 0 Å². The van der Waals surface area contributed by atoms with Gasteiger partial charge in [-0.3, -0.25) is 4.90 Å². The normalized spacial score (nSPS) is 17.6. The minimum atomic E-state index is -1.03. The molecule has 1 aliphatic heterocycles. The number of benzene rings is 1. The van der Waals surface area contributed by atoms with Crippen molar-refractivity contribution in [1.29, 1.82) is 0 Å². The number of nitrogens with zero attached hydrogens (tertiary/aromatic N) is 1. The Morgan fingerprint density at radius 2 is 2.00 bits per heavy atom. The molecule has 1 heterocycles. The Labute approximate surface area is 129 Å². The fourth-order valence-corrected chi connectivity index (χ4v) is 2.48. The molecule has 0 spiro atoms. The second-order valence-electron chi connectivity index (χ2n) is 6.24. The SMILES string of the molecule is COc1ccc2c(c1)CCC(C(=O)O)N2C(=O)OC(C)(C)C. The summed E-state index contributed by atoms with van der Waals surface area (Å²) in [6, 6.07) is 4.31. The molecule has 1 unspecified atom stereocenters. The Hall–Kier alpha value is -2.24. The molecule has 22 heavy (non-hydrogen) atoms. The molecule has 2 rings (SSSR count). The Bertz CT molecular complexity index is 591. The molecule has 0 aromatic heterocycles. The first kappa shape index (κ1) is 16.1. The molecule has 1 atom stereocenters. The maximum Gasteiger partial charge on any atom is 0.415 e. The van der Waals surface area contributed by atoms with E-state index >= 15 is 0 Å². The van der Waals surface area contributed by atoms with Gasteiger partial charge in [0.05, 0.1) is 12.8 Å². The standard InChI is InChI=1S/C16H21NO5/c1-16(2,3)22-15(20)17-12-8-6-11(21-4)9-10(12)5-7-13(17)14(18)19/h6,8-9,13H,5,7H2,1-4H3,(H,18,19). The highest BCUT2D eigenvalue weighted by Crippen LogP contribution is 2.34. The van der Waals surface area contributed by atoms with Gasteiger partial charge in [0.15, 0.2) is 0 Å². The molecule has 0 saturated carbocycles. The van der Waals surface area contributed by atoms with Gasteiger partial charge < -0.3 is 14.6 Å². The Morgan fingerprint density at radius 3 is 2.55 bits per heavy atom. The molecular formula is C16H21NO5. The summed E-state index contributed by atoms with van der Waals surface area (Å²) < 4.78 is 10.5. The molecule has 0 fully saturated rings. The topological polar surface area (TPSA) is 76.1 Å². The zero-order valence-electron chi connectivity index (χ0n) is 13.3. The third-order valence-corrected chi connectivity index (χ3v) is 3.42. The molecule has 0 bridgehead atoms. The highest BCUT2D eigenvalue weighted by atomic mass is 16.6. The third-order valence-electron chi connectivity index (χ3n) is 3.42. The number of carbonyl (C=O) groups is 2. The van der Waals surface area contributed by atoms with Gasteiger partial charge in [0, 0.05) is 0 Å². The van der Waals surface area contributed by atoms with E-state index < -0.39 is 23.7 Å². The Balaban J connectivity index is 2.42. The van der Waals surface area contributed by atoms with Gasteiger partial charge in [-0.05, 0) is 57.4 Å². The average molecular weight is 307 g/mol. The highest BCUT2D eigenvalue weighted by Gasteiger charge is 2.38. The van der Waals surface area contributed by atoms with Crippen molar-refractivity contribution in [2.24, 2.45) is 0 Å². The van der Waals surface area contributed by atoms with Crippen LogP contribution in [0, 0.1) is 0 Å². The maximum atomic E-state index is 12.5. The van der Waals surface area contributed by atoms with Crippen molar-refractivity contribution in [3.8, 4) is 5.75 Å². The van der Waals surface area contributed by atoms with E-state index in [1.165, 1.54) is 4.90 Å². The number of aryl methyl sites for hydroxylation is 1. The van der Waals surface area contributed by atoms with Crippen molar-refractivity contribution in [2.45, 2.75) is 45.3 Å². The smallest absolute Gasteiger partial charge is 0.415 e. The van der Waals surface area contributed by atoms with Gasteiger partial charge in [0.2, 0.25) is 0 Å². The molecule has 120 valence electrons. The zero-order chi connectivity index (χ0) is 16.5. The number of anilines is 1. The summed E-state index contributed by atoms with van der Waals surface area (Å²) in [5.74, 6) is -0.357. The van der Waals surface area contributed by atoms with Crippen molar-refractivity contribution in [1.82, 2.24) is 0 Å². The van der Waals surface area contributed by atoms with Gasteiger partial charge in [-0.15, -0.1) is 0 Å². The summed E-state index contributed by atoms with van der Waals surface area (Å²) in [4.78, 5) is 25.2. The van der Waals surface area contributed by atoms with Gasteiger partial charge in [0.25, 0.3) is 0 Å². The maximum absolute atomic E-state index is 12.5. The molecule has 1 aliphatic rings. The van der Waals surface area contributed by atoms with Crippen LogP contribution in [-0.4, -0.2) is 35.9 Å². The minimum absolute atomic E-state index is 0.342. The van der Waals surface area contributed by atoms with Crippen LogP contribution in [-0.2, 0) is 16.0 Å². The largest absolute Gasteiger partial charge is 0.497 e. The van der Waals surface area contributed by atoms with Gasteiger partial charge >= 0.3 is 12.1 Å². The van der Waals surface area contributed by atoms with Crippen LogP contribution in [0.25, 0.3) is 0 Å². The van der Waals surface area contributed by atoms with Gasteiger partial charge in [-0.2, -0.15) is 0 Å². The van der Waals surface area contributed by atoms with Crippen molar-refractivity contribution >= 4 is 17.7 Å². The van der Waals surface area contributed by atoms with E-state index in [1.807, 2.05) is 6.07 Å². The average Bonchev–Trinajstić information content (AvgIpc) is 2.43. The number of aliphatic carboxylic acids is 1. The van der Waals surface area contributed by atoms with Crippen molar-refractivity contribution in [3.63, 3.8) is 0 Å². The van der Waals surface area contributed by atoms with Crippen LogP contribution in [0.3, 0.4) is 0 Å². The number of hydrogen-bond acceptors (Lipinski definition) is 4. The molecule has 1 aromatic carbocycles. The fraction of sp³-hybridized carbons (Fsp3) is 0.500. The lowest BCUT2D eigenvalue weighted by Crippen LogP contribution is -2.50. The van der Waals surface area contributed by atoms with E-state index in [2.05, 4.69) is 0 Å². The first-order chi connectivity index (χ1) is 10.2. The van der Waals surface area contributed by atoms with E-state index in [9.17, 15) is 14.7 Å². The number of rotatable bonds is 2. The molecule has 1 amide bonds. The number of ether oxygens (including phenoxy) is 2. The van der Waals surface area contributed by atoms with Crippen LogP contribution < -0.4 is 9.64 Å². The Kier molecular flexibility index (Phi) is 4.30. The quantitative estimate of drug-likeness (QED) is 0.909. The number of methoxy groups -OCH3 is 1. The summed E-state index contributed by atoms with van der Waals surface area (Å²) >= 11 is 0. The number of amides is 1. The van der Waals surface area contributed by atoms with Crippen LogP contribution in [0.5, 0.6) is 5.75 Å². The number of carboxylic acid groups (broad SMARTS) is 1. The lowest BCUT2D eigenvalue weighted by molar-refractivity contribution is -0.138. The Morgan fingerprint density at radius 1 is 1.32 bits per heavy atom. The molecular weight excluding hydrogens is 286 g/mol. The number of carboxylic acids is 1. The van der Waals surface area contributed by atoms with E-state index in [-0.39, 0.29) is 0 Å². The summed E-state index contributed by atoms with van der Waals surface area (Å²) in [5, 5.41) is 9.41. The molecule has 1 aromatic rings. The molecule has 1 N–H and O–H groups in total. The number of carbonyl (C=O) groups excluding carboxylic acids is 1. The van der Waals surface area contributed by atoms with Gasteiger partial charge in [-0.1, -0.05) is 0 Å². The molecule has 0 saturated heterocycles. The lowest BCUT2D eigenvalue weighted by atomic mass is 9.96. The fourth-order valence-electron chi connectivity index (χ4n) is 2.48. The van der Waals surface area contributed by atoms with Crippen LogP contribution in [0.4, 0.5) is 10.5 Å². The highest BCUT2D eigenvalue weighted by molar-refractivity contribution is 5.97. The van der Waals surface area contributed by atoms with Gasteiger partial charge in [0.1, 0.15) is 17.4 Å². The predicted molar refractivity (Wildman–Crippen MR) is 81.5 cm³/mol. The predicted octanol–water partition coefficient (Wildman–Crippen LogP) is 2.84. The molecule has 0 radical (unpaired) electrons. The summed E-state index contributed by atoms with van der Waals surface area (Å²) in [6.45, 7) is 5.25. The first-order valence-electron chi connectivity index (χ1n) is 7.15. The van der Waals surface area contributed by atoms with Crippen molar-refractivity contribution in [2.75, 3.05) is 12.0 Å². The second kappa shape index (κ2) is 5.87. The van der Waals surface area contributed by atoms with Crippen molar-refractivity contribution < 1.29 is 24.2 Å². The van der Waals surface area contributed by atoms with Crippen LogP contribution in [0.1, 0.15) is 32.8 Å². The molecule has 6 heteroatoms. The lowest BCUT2D eigenvalue weighted by Gasteiger charge is -2.36. The number of hydrogen-bond donors (Lipinski definition) is 1. The third kappa shape index (κ3) is 3.32. The van der Waals surface area contributed by atoms with E-state index in [4.69, 9.17) is 9.47 Å². The monoisotopic (exact) mass is 307 g/mol. The molecule has 0 aliphatic carbocycles. The van der Waals surface area contributed by atoms with Crippen LogP contribution in [0.15, 0.2) is 18.2 Å². The van der Waals surface area contributed by atoms with E-state index in [0.717, 1.165) is 5.56 Å². The number of fused-ring (bicyclic) bond motifs is 1. The van der Waals surface area contributed by atoms with E-state index in [1.54, 1.807) is 40.0 Å².